The minimum atomic E-state index is -0.506. The van der Waals surface area contributed by atoms with Crippen LogP contribution < -0.4 is 10.7 Å². The van der Waals surface area contributed by atoms with Gasteiger partial charge in [0.1, 0.15) is 17.7 Å². The molecule has 0 atom stereocenters. The van der Waals surface area contributed by atoms with Gasteiger partial charge in [-0.25, -0.2) is 15.4 Å². The minimum absolute atomic E-state index is 0.0313. The predicted molar refractivity (Wildman–Crippen MR) is 65.5 cm³/mol. The van der Waals surface area contributed by atoms with Crippen molar-refractivity contribution in [3.8, 4) is 0 Å². The van der Waals surface area contributed by atoms with E-state index in [9.17, 15) is 9.59 Å². The molecular formula is C9H7Cl2N5O2. The monoisotopic (exact) mass is 287 g/mol. The molecule has 2 amide bonds. The summed E-state index contributed by atoms with van der Waals surface area (Å²) in [6, 6.07) is 0. The molecule has 1 aromatic heterocycles. The molecule has 0 saturated heterocycles. The van der Waals surface area contributed by atoms with E-state index >= 15 is 0 Å². The molecule has 0 saturated carbocycles. The Labute approximate surface area is 112 Å². The first-order valence-electron chi connectivity index (χ1n) is 4.90. The fourth-order valence-corrected chi connectivity index (χ4v) is 1.68. The highest BCUT2D eigenvalue weighted by Crippen LogP contribution is 2.25. The van der Waals surface area contributed by atoms with Crippen molar-refractivity contribution in [2.45, 2.75) is 12.8 Å². The summed E-state index contributed by atoms with van der Waals surface area (Å²) in [6.07, 6.45) is 1.64. The van der Waals surface area contributed by atoms with E-state index in [1.54, 1.807) is 0 Å². The highest BCUT2D eigenvalue weighted by atomic mass is 35.5. The maximum absolute atomic E-state index is 11.8. The van der Waals surface area contributed by atoms with Gasteiger partial charge in [-0.05, 0) is 0 Å². The number of rotatable bonds is 2. The third-order valence-corrected chi connectivity index (χ3v) is 2.73. The highest BCUT2D eigenvalue weighted by molar-refractivity contribution is 6.46. The van der Waals surface area contributed by atoms with Gasteiger partial charge in [-0.1, -0.05) is 23.2 Å². The van der Waals surface area contributed by atoms with Crippen molar-refractivity contribution in [2.75, 3.05) is 5.32 Å². The zero-order valence-electron chi connectivity index (χ0n) is 8.91. The first kappa shape index (κ1) is 12.7. The standard InChI is InChI=1S/C9H7Cl2N5O2/c10-7-6(8(11)13-3-12-7)14-9(18)4-1-2-5(17)16-15-4/h3H,1-2H2,(H,14,18)(H,16,17). The van der Waals surface area contributed by atoms with Crippen LogP contribution in [0.25, 0.3) is 0 Å². The van der Waals surface area contributed by atoms with Crippen LogP contribution in [0.1, 0.15) is 12.8 Å². The Bertz CT molecular complexity index is 526. The second kappa shape index (κ2) is 5.28. The molecule has 0 bridgehead atoms. The number of aromatic nitrogens is 2. The fourth-order valence-electron chi connectivity index (χ4n) is 1.27. The van der Waals surface area contributed by atoms with Gasteiger partial charge in [0.2, 0.25) is 5.91 Å². The van der Waals surface area contributed by atoms with Gasteiger partial charge in [-0.2, -0.15) is 5.10 Å². The summed E-state index contributed by atoms with van der Waals surface area (Å²) in [5.41, 5.74) is 2.52. The summed E-state index contributed by atoms with van der Waals surface area (Å²) in [6.45, 7) is 0. The van der Waals surface area contributed by atoms with Crippen LogP contribution in [-0.2, 0) is 9.59 Å². The molecule has 1 aliphatic heterocycles. The number of anilines is 1. The van der Waals surface area contributed by atoms with Crippen molar-refractivity contribution in [1.29, 1.82) is 0 Å². The van der Waals surface area contributed by atoms with Gasteiger partial charge in [-0.15, -0.1) is 0 Å². The number of hydrogen-bond acceptors (Lipinski definition) is 5. The van der Waals surface area contributed by atoms with Crippen LogP contribution in [0.3, 0.4) is 0 Å². The Balaban J connectivity index is 2.15. The zero-order chi connectivity index (χ0) is 13.1. The van der Waals surface area contributed by atoms with Crippen molar-refractivity contribution in [2.24, 2.45) is 5.10 Å². The lowest BCUT2D eigenvalue weighted by atomic mass is 10.1. The van der Waals surface area contributed by atoms with E-state index in [0.29, 0.717) is 0 Å². The van der Waals surface area contributed by atoms with Gasteiger partial charge in [-0.3, -0.25) is 9.59 Å². The Morgan fingerprint density at radius 1 is 1.28 bits per heavy atom. The molecule has 94 valence electrons. The SMILES string of the molecule is O=C1CCC(C(=O)Nc2c(Cl)ncnc2Cl)=NN1. The van der Waals surface area contributed by atoms with Crippen molar-refractivity contribution >= 4 is 46.4 Å². The Kier molecular flexibility index (Phi) is 3.73. The minimum Gasteiger partial charge on any atom is -0.316 e. The molecule has 0 radical (unpaired) electrons. The van der Waals surface area contributed by atoms with Crippen LogP contribution in [0.15, 0.2) is 11.4 Å². The second-order valence-electron chi connectivity index (χ2n) is 3.38. The van der Waals surface area contributed by atoms with Crippen LogP contribution in [0, 0.1) is 0 Å². The van der Waals surface area contributed by atoms with Crippen molar-refractivity contribution in [3.63, 3.8) is 0 Å². The first-order chi connectivity index (χ1) is 8.58. The van der Waals surface area contributed by atoms with Crippen LogP contribution in [0.2, 0.25) is 10.3 Å². The maximum Gasteiger partial charge on any atom is 0.272 e. The van der Waals surface area contributed by atoms with Crippen LogP contribution in [-0.4, -0.2) is 27.5 Å². The van der Waals surface area contributed by atoms with E-state index in [2.05, 4.69) is 25.8 Å². The van der Waals surface area contributed by atoms with Gasteiger partial charge in [0, 0.05) is 12.8 Å². The van der Waals surface area contributed by atoms with Crippen molar-refractivity contribution in [1.82, 2.24) is 15.4 Å². The Morgan fingerprint density at radius 2 is 1.94 bits per heavy atom. The molecule has 2 heterocycles. The molecule has 9 heteroatoms. The van der Waals surface area contributed by atoms with E-state index < -0.39 is 5.91 Å². The highest BCUT2D eigenvalue weighted by Gasteiger charge is 2.20. The number of halogens is 2. The summed E-state index contributed by atoms with van der Waals surface area (Å²) in [7, 11) is 0. The largest absolute Gasteiger partial charge is 0.316 e. The van der Waals surface area contributed by atoms with E-state index in [-0.39, 0.29) is 40.5 Å². The summed E-state index contributed by atoms with van der Waals surface area (Å²) in [5, 5.41) is 6.16. The lowest BCUT2D eigenvalue weighted by molar-refractivity contribution is -0.121. The molecular weight excluding hydrogens is 281 g/mol. The molecule has 18 heavy (non-hydrogen) atoms. The molecule has 1 aliphatic rings. The molecule has 2 N–H and O–H groups in total. The quantitative estimate of drug-likeness (QED) is 0.793. The fraction of sp³-hybridized carbons (Fsp3) is 0.222. The lowest BCUT2D eigenvalue weighted by Gasteiger charge is -2.12. The predicted octanol–water partition coefficient (Wildman–Crippen LogP) is 0.988. The first-order valence-corrected chi connectivity index (χ1v) is 5.66. The molecule has 2 rings (SSSR count). The number of amides is 2. The second-order valence-corrected chi connectivity index (χ2v) is 4.09. The number of hydrogen-bond donors (Lipinski definition) is 2. The van der Waals surface area contributed by atoms with E-state index in [4.69, 9.17) is 23.2 Å². The van der Waals surface area contributed by atoms with Gasteiger partial charge < -0.3 is 5.32 Å². The summed E-state index contributed by atoms with van der Waals surface area (Å²) in [5.74, 6) is -0.737. The molecule has 0 aliphatic carbocycles. The van der Waals surface area contributed by atoms with Gasteiger partial charge in [0.25, 0.3) is 5.91 Å². The average molecular weight is 288 g/mol. The Hall–Kier alpha value is -1.73. The third-order valence-electron chi connectivity index (χ3n) is 2.16. The van der Waals surface area contributed by atoms with E-state index in [0.717, 1.165) is 0 Å². The number of carbonyl (C=O) groups excluding carboxylic acids is 2. The molecule has 0 spiro atoms. The van der Waals surface area contributed by atoms with Crippen molar-refractivity contribution < 1.29 is 9.59 Å². The smallest absolute Gasteiger partial charge is 0.272 e. The van der Waals surface area contributed by atoms with E-state index in [1.165, 1.54) is 6.33 Å². The normalized spacial score (nSPS) is 14.8. The van der Waals surface area contributed by atoms with Gasteiger partial charge in [0.05, 0.1) is 0 Å². The number of hydrazone groups is 1. The maximum atomic E-state index is 11.8. The number of carbonyl (C=O) groups is 2. The average Bonchev–Trinajstić information content (AvgIpc) is 2.34. The van der Waals surface area contributed by atoms with E-state index in [1.807, 2.05) is 0 Å². The zero-order valence-corrected chi connectivity index (χ0v) is 10.4. The molecule has 7 nitrogen and oxygen atoms in total. The summed E-state index contributed by atoms with van der Waals surface area (Å²) >= 11 is 11.6. The molecule has 1 aromatic rings. The Morgan fingerprint density at radius 3 is 2.50 bits per heavy atom. The molecule has 0 aromatic carbocycles. The van der Waals surface area contributed by atoms with Gasteiger partial charge in [0.15, 0.2) is 10.3 Å². The topological polar surface area (TPSA) is 96.3 Å². The van der Waals surface area contributed by atoms with Crippen LogP contribution in [0.4, 0.5) is 5.69 Å². The van der Waals surface area contributed by atoms with Crippen molar-refractivity contribution in [3.05, 3.63) is 16.6 Å². The lowest BCUT2D eigenvalue weighted by Crippen LogP contribution is -2.33. The summed E-state index contributed by atoms with van der Waals surface area (Å²) in [4.78, 5) is 30.1. The van der Waals surface area contributed by atoms with Crippen LogP contribution in [0.5, 0.6) is 0 Å². The van der Waals surface area contributed by atoms with Gasteiger partial charge >= 0.3 is 0 Å². The molecule has 0 unspecified atom stereocenters. The number of nitrogens with zero attached hydrogens (tertiary/aromatic N) is 3. The summed E-state index contributed by atoms with van der Waals surface area (Å²) < 4.78 is 0. The van der Waals surface area contributed by atoms with Crippen LogP contribution >= 0.6 is 23.2 Å². The third kappa shape index (κ3) is 2.74. The molecule has 0 fully saturated rings. The number of nitrogens with one attached hydrogen (secondary N) is 2.